The van der Waals surface area contributed by atoms with Gasteiger partial charge < -0.3 is 0 Å². The van der Waals surface area contributed by atoms with Gasteiger partial charge in [-0.25, -0.2) is 4.98 Å². The van der Waals surface area contributed by atoms with Gasteiger partial charge in [-0.05, 0) is 36.2 Å². The van der Waals surface area contributed by atoms with E-state index in [1.54, 1.807) is 15.9 Å². The minimum Gasteiger partial charge on any atom is -0.292 e. The molecule has 0 aliphatic rings. The Morgan fingerprint density at radius 1 is 1.08 bits per heavy atom. The van der Waals surface area contributed by atoms with Crippen molar-refractivity contribution in [2.24, 2.45) is 0 Å². The number of fused-ring (bicyclic) bond motifs is 1. The molecule has 124 valence electrons. The summed E-state index contributed by atoms with van der Waals surface area (Å²) < 4.78 is 2.77. The Bertz CT molecular complexity index is 1100. The Balaban J connectivity index is 1.81. The quantitative estimate of drug-likeness (QED) is 0.462. The average molecular weight is 411 g/mol. The molecule has 0 atom stereocenters. The van der Waals surface area contributed by atoms with Gasteiger partial charge in [0.15, 0.2) is 0 Å². The van der Waals surface area contributed by atoms with Crippen molar-refractivity contribution in [1.29, 1.82) is 0 Å². The second-order valence-corrected chi connectivity index (χ2v) is 7.82. The number of hydrogen-bond acceptors (Lipinski definition) is 3. The highest BCUT2D eigenvalue weighted by Gasteiger charge is 2.13. The van der Waals surface area contributed by atoms with Crippen molar-refractivity contribution in [2.45, 2.75) is 13.5 Å². The first-order valence-corrected chi connectivity index (χ1v) is 9.53. The summed E-state index contributed by atoms with van der Waals surface area (Å²) >= 11 is 5.00. The molecule has 0 aliphatic heterocycles. The van der Waals surface area contributed by atoms with Crippen molar-refractivity contribution < 1.29 is 0 Å². The third kappa shape index (κ3) is 3.17. The summed E-state index contributed by atoms with van der Waals surface area (Å²) in [4.78, 5) is 19.5. The summed E-state index contributed by atoms with van der Waals surface area (Å²) in [5, 5.41) is 0.687. The van der Waals surface area contributed by atoms with E-state index in [0.29, 0.717) is 11.9 Å². The lowest BCUT2D eigenvalue weighted by molar-refractivity contribution is 0.714. The molecule has 0 aliphatic carbocycles. The van der Waals surface area contributed by atoms with Gasteiger partial charge in [0.1, 0.15) is 10.7 Å². The summed E-state index contributed by atoms with van der Waals surface area (Å²) in [6.07, 6.45) is 0. The zero-order valence-electron chi connectivity index (χ0n) is 13.6. The second kappa shape index (κ2) is 6.58. The molecule has 0 amide bonds. The fraction of sp³-hybridized carbons (Fsp3) is 0.100. The van der Waals surface area contributed by atoms with Gasteiger partial charge in [0.25, 0.3) is 5.56 Å². The molecular weight excluding hydrogens is 396 g/mol. The number of nitrogens with zero attached hydrogens (tertiary/aromatic N) is 2. The van der Waals surface area contributed by atoms with E-state index < -0.39 is 0 Å². The molecule has 5 heteroatoms. The van der Waals surface area contributed by atoms with Gasteiger partial charge in [-0.1, -0.05) is 58.4 Å². The zero-order valence-corrected chi connectivity index (χ0v) is 16.0. The van der Waals surface area contributed by atoms with Crippen LogP contribution in [0, 0.1) is 6.92 Å². The van der Waals surface area contributed by atoms with Crippen LogP contribution in [0.25, 0.3) is 20.7 Å². The molecule has 0 N–H and O–H groups in total. The molecule has 3 nitrogen and oxygen atoms in total. The minimum absolute atomic E-state index is 0.0175. The highest BCUT2D eigenvalue weighted by molar-refractivity contribution is 9.10. The maximum atomic E-state index is 13.0. The lowest BCUT2D eigenvalue weighted by atomic mass is 10.2. The Morgan fingerprint density at radius 2 is 1.80 bits per heavy atom. The number of aryl methyl sites for hydroxylation is 1. The molecular formula is C20H15BrN2OS. The molecule has 0 spiro atoms. The van der Waals surface area contributed by atoms with E-state index in [1.807, 2.05) is 55.5 Å². The van der Waals surface area contributed by atoms with Gasteiger partial charge in [0.2, 0.25) is 0 Å². The Kier molecular flexibility index (Phi) is 4.27. The molecule has 0 unspecified atom stereocenters. The molecule has 2 heterocycles. The third-order valence-corrected chi connectivity index (χ3v) is 5.76. The molecule has 0 radical (unpaired) electrons. The Labute approximate surface area is 157 Å². The number of halogens is 1. The monoisotopic (exact) mass is 410 g/mol. The first kappa shape index (κ1) is 16.2. The first-order valence-electron chi connectivity index (χ1n) is 7.92. The van der Waals surface area contributed by atoms with Gasteiger partial charge in [0, 0.05) is 9.35 Å². The maximum absolute atomic E-state index is 13.0. The largest absolute Gasteiger partial charge is 0.292 e. The number of rotatable bonds is 3. The van der Waals surface area contributed by atoms with E-state index >= 15 is 0 Å². The van der Waals surface area contributed by atoms with Crippen molar-refractivity contribution >= 4 is 37.5 Å². The first-order chi connectivity index (χ1) is 12.1. The van der Waals surface area contributed by atoms with Crippen LogP contribution in [0.2, 0.25) is 0 Å². The van der Waals surface area contributed by atoms with Gasteiger partial charge >= 0.3 is 0 Å². The second-order valence-electron chi connectivity index (χ2n) is 5.87. The van der Waals surface area contributed by atoms with E-state index in [2.05, 4.69) is 33.0 Å². The van der Waals surface area contributed by atoms with Crippen LogP contribution < -0.4 is 5.56 Å². The fourth-order valence-electron chi connectivity index (χ4n) is 2.82. The van der Waals surface area contributed by atoms with Crippen LogP contribution in [0.4, 0.5) is 0 Å². The fourth-order valence-corrected chi connectivity index (χ4v) is 4.16. The molecule has 2 aromatic carbocycles. The van der Waals surface area contributed by atoms with Crippen LogP contribution in [0.3, 0.4) is 0 Å². The topological polar surface area (TPSA) is 34.9 Å². The van der Waals surface area contributed by atoms with Crippen LogP contribution in [0.1, 0.15) is 11.4 Å². The summed E-state index contributed by atoms with van der Waals surface area (Å²) in [5.41, 5.74) is 2.21. The van der Waals surface area contributed by atoms with Crippen molar-refractivity contribution in [3.05, 3.63) is 86.9 Å². The molecule has 4 rings (SSSR count). The van der Waals surface area contributed by atoms with Gasteiger partial charge in [-0.15, -0.1) is 11.3 Å². The molecule has 25 heavy (non-hydrogen) atoms. The van der Waals surface area contributed by atoms with Gasteiger partial charge in [-0.2, -0.15) is 0 Å². The Hall–Kier alpha value is -2.24. The zero-order chi connectivity index (χ0) is 17.4. The van der Waals surface area contributed by atoms with Crippen LogP contribution in [-0.2, 0) is 6.54 Å². The summed E-state index contributed by atoms with van der Waals surface area (Å²) in [6.45, 7) is 2.42. The SMILES string of the molecule is Cc1nc2sc(-c3ccccc3)cc2c(=O)n1Cc1ccc(Br)cc1. The molecule has 0 saturated heterocycles. The number of benzene rings is 2. The van der Waals surface area contributed by atoms with Crippen LogP contribution >= 0.6 is 27.3 Å². The predicted octanol–water partition coefficient (Wildman–Crippen LogP) is 5.24. The summed E-state index contributed by atoms with van der Waals surface area (Å²) in [6, 6.07) is 20.1. The molecule has 4 aromatic rings. The normalized spacial score (nSPS) is 11.1. The summed E-state index contributed by atoms with van der Waals surface area (Å²) in [5.74, 6) is 0.738. The molecule has 2 aromatic heterocycles. The van der Waals surface area contributed by atoms with Crippen LogP contribution in [0.15, 0.2) is 69.9 Å². The molecule has 0 fully saturated rings. The highest BCUT2D eigenvalue weighted by Crippen LogP contribution is 2.31. The van der Waals surface area contributed by atoms with Crippen molar-refractivity contribution in [2.75, 3.05) is 0 Å². The minimum atomic E-state index is 0.0175. The van der Waals surface area contributed by atoms with E-state index in [1.165, 1.54) is 0 Å². The number of aromatic nitrogens is 2. The van der Waals surface area contributed by atoms with E-state index in [0.717, 1.165) is 31.1 Å². The van der Waals surface area contributed by atoms with Crippen molar-refractivity contribution in [1.82, 2.24) is 9.55 Å². The smallest absolute Gasteiger partial charge is 0.262 e. The lowest BCUT2D eigenvalue weighted by Gasteiger charge is -2.09. The Morgan fingerprint density at radius 3 is 2.52 bits per heavy atom. The molecule has 0 bridgehead atoms. The van der Waals surface area contributed by atoms with Crippen molar-refractivity contribution in [3.63, 3.8) is 0 Å². The maximum Gasteiger partial charge on any atom is 0.262 e. The van der Waals surface area contributed by atoms with Gasteiger partial charge in [-0.3, -0.25) is 9.36 Å². The van der Waals surface area contributed by atoms with Crippen LogP contribution in [0.5, 0.6) is 0 Å². The van der Waals surface area contributed by atoms with Crippen LogP contribution in [-0.4, -0.2) is 9.55 Å². The van der Waals surface area contributed by atoms with E-state index in [4.69, 9.17) is 0 Å². The highest BCUT2D eigenvalue weighted by atomic mass is 79.9. The number of thiophene rings is 1. The average Bonchev–Trinajstić information content (AvgIpc) is 3.05. The lowest BCUT2D eigenvalue weighted by Crippen LogP contribution is -2.23. The van der Waals surface area contributed by atoms with Gasteiger partial charge in [0.05, 0.1) is 11.9 Å². The predicted molar refractivity (Wildman–Crippen MR) is 107 cm³/mol. The third-order valence-electron chi connectivity index (χ3n) is 4.15. The standard InChI is InChI=1S/C20H15BrN2OS/c1-13-22-19-17(11-18(25-19)15-5-3-2-4-6-15)20(24)23(13)12-14-7-9-16(21)10-8-14/h2-11H,12H2,1H3. The number of hydrogen-bond donors (Lipinski definition) is 0. The van der Waals surface area contributed by atoms with E-state index in [9.17, 15) is 4.79 Å². The summed E-state index contributed by atoms with van der Waals surface area (Å²) in [7, 11) is 0. The van der Waals surface area contributed by atoms with E-state index in [-0.39, 0.29) is 5.56 Å². The molecule has 0 saturated carbocycles. The van der Waals surface area contributed by atoms with Crippen molar-refractivity contribution in [3.8, 4) is 10.4 Å².